The van der Waals surface area contributed by atoms with Crippen LogP contribution < -0.4 is 27.4 Å². The molecule has 0 aliphatic heterocycles. The molecule has 0 spiro atoms. The van der Waals surface area contributed by atoms with E-state index >= 15 is 0 Å². The minimum atomic E-state index is -1.38. The number of hydrogen-bond donors (Lipinski definition) is 6. The Labute approximate surface area is 180 Å². The standard InChI is InChI=1S/C18H33N5O6S/c1-9(2)7-12(22-15(25)11(19)5-6-30-4)17(27)23-13(8-14(20)24)16(26)21-10(3)18(28)29/h9-13H,5-8,19H2,1-4H3,(H2,20,24)(H,21,26)(H,22,25)(H,23,27)(H,28,29). The van der Waals surface area contributed by atoms with E-state index in [1.807, 2.05) is 20.1 Å². The fourth-order valence-electron chi connectivity index (χ4n) is 2.42. The Bertz CT molecular complexity index is 630. The van der Waals surface area contributed by atoms with Crippen LogP contribution in [0.15, 0.2) is 0 Å². The molecule has 4 unspecified atom stereocenters. The molecule has 4 amide bonds. The third-order valence-corrected chi connectivity index (χ3v) is 4.72. The quantitative estimate of drug-likeness (QED) is 0.186. The molecule has 172 valence electrons. The van der Waals surface area contributed by atoms with E-state index in [-0.39, 0.29) is 12.3 Å². The minimum Gasteiger partial charge on any atom is -0.480 e. The van der Waals surface area contributed by atoms with Gasteiger partial charge in [0.2, 0.25) is 23.6 Å². The van der Waals surface area contributed by atoms with E-state index in [0.29, 0.717) is 12.2 Å². The molecule has 0 saturated heterocycles. The Morgan fingerprint density at radius 3 is 1.93 bits per heavy atom. The predicted molar refractivity (Wildman–Crippen MR) is 113 cm³/mol. The zero-order valence-corrected chi connectivity index (χ0v) is 18.6. The Balaban J connectivity index is 5.31. The van der Waals surface area contributed by atoms with Gasteiger partial charge in [-0.05, 0) is 37.7 Å². The molecule has 0 aromatic carbocycles. The number of rotatable bonds is 14. The molecule has 0 bridgehead atoms. The van der Waals surface area contributed by atoms with Crippen LogP contribution in [-0.4, -0.2) is 70.9 Å². The SMILES string of the molecule is CSCCC(N)C(=O)NC(CC(C)C)C(=O)NC(CC(N)=O)C(=O)NC(C)C(=O)O. The summed E-state index contributed by atoms with van der Waals surface area (Å²) < 4.78 is 0. The van der Waals surface area contributed by atoms with Crippen LogP contribution in [-0.2, 0) is 24.0 Å². The van der Waals surface area contributed by atoms with Gasteiger partial charge in [-0.2, -0.15) is 11.8 Å². The molecule has 0 rings (SSSR count). The van der Waals surface area contributed by atoms with E-state index in [0.717, 1.165) is 0 Å². The average molecular weight is 448 g/mol. The number of carboxylic acid groups (broad SMARTS) is 1. The van der Waals surface area contributed by atoms with Crippen LogP contribution in [0, 0.1) is 5.92 Å². The minimum absolute atomic E-state index is 0.0268. The molecule has 12 heteroatoms. The number of thioether (sulfide) groups is 1. The zero-order valence-electron chi connectivity index (χ0n) is 17.8. The number of nitrogens with two attached hydrogens (primary N) is 2. The van der Waals surface area contributed by atoms with E-state index in [9.17, 15) is 24.0 Å². The van der Waals surface area contributed by atoms with Gasteiger partial charge in [-0.25, -0.2) is 0 Å². The summed E-state index contributed by atoms with van der Waals surface area (Å²) in [6.07, 6.45) is 2.06. The third kappa shape index (κ3) is 11.0. The van der Waals surface area contributed by atoms with Crippen LogP contribution in [0.3, 0.4) is 0 Å². The van der Waals surface area contributed by atoms with Gasteiger partial charge in [0.25, 0.3) is 0 Å². The molecule has 0 heterocycles. The Hall–Kier alpha value is -2.34. The van der Waals surface area contributed by atoms with Crippen molar-refractivity contribution in [3.05, 3.63) is 0 Å². The second-order valence-corrected chi connectivity index (χ2v) is 8.36. The van der Waals surface area contributed by atoms with Gasteiger partial charge < -0.3 is 32.5 Å². The predicted octanol–water partition coefficient (Wildman–Crippen LogP) is -1.45. The van der Waals surface area contributed by atoms with Gasteiger partial charge in [-0.1, -0.05) is 13.8 Å². The Morgan fingerprint density at radius 2 is 1.47 bits per heavy atom. The summed E-state index contributed by atoms with van der Waals surface area (Å²) in [5.74, 6) is -3.50. The molecule has 11 nitrogen and oxygen atoms in total. The monoisotopic (exact) mass is 447 g/mol. The number of carbonyl (C=O) groups is 5. The number of nitrogens with one attached hydrogen (secondary N) is 3. The van der Waals surface area contributed by atoms with Gasteiger partial charge in [-0.15, -0.1) is 0 Å². The molecular formula is C18H33N5O6S. The third-order valence-electron chi connectivity index (χ3n) is 4.08. The molecule has 0 radical (unpaired) electrons. The lowest BCUT2D eigenvalue weighted by atomic mass is 10.0. The summed E-state index contributed by atoms with van der Waals surface area (Å²) in [5.41, 5.74) is 11.0. The first-order valence-electron chi connectivity index (χ1n) is 9.55. The van der Waals surface area contributed by atoms with Gasteiger partial charge in [0.05, 0.1) is 12.5 Å². The summed E-state index contributed by atoms with van der Waals surface area (Å²) >= 11 is 1.54. The van der Waals surface area contributed by atoms with Crippen molar-refractivity contribution in [2.75, 3.05) is 12.0 Å². The molecule has 0 aromatic heterocycles. The smallest absolute Gasteiger partial charge is 0.325 e. The van der Waals surface area contributed by atoms with Crippen molar-refractivity contribution in [3.8, 4) is 0 Å². The Morgan fingerprint density at radius 1 is 0.933 bits per heavy atom. The van der Waals surface area contributed by atoms with Crippen molar-refractivity contribution in [1.82, 2.24) is 16.0 Å². The largest absolute Gasteiger partial charge is 0.480 e. The van der Waals surface area contributed by atoms with Crippen molar-refractivity contribution in [1.29, 1.82) is 0 Å². The molecule has 4 atom stereocenters. The summed E-state index contributed by atoms with van der Waals surface area (Å²) in [6, 6.07) is -4.39. The lowest BCUT2D eigenvalue weighted by Crippen LogP contribution is -2.57. The Kier molecular flexibility index (Phi) is 12.7. The number of aliphatic carboxylic acids is 1. The highest BCUT2D eigenvalue weighted by atomic mass is 32.2. The van der Waals surface area contributed by atoms with E-state index in [1.54, 1.807) is 0 Å². The highest BCUT2D eigenvalue weighted by molar-refractivity contribution is 7.98. The summed E-state index contributed by atoms with van der Waals surface area (Å²) in [7, 11) is 0. The normalized spacial score (nSPS) is 14.9. The van der Waals surface area contributed by atoms with Crippen LogP contribution in [0.4, 0.5) is 0 Å². The van der Waals surface area contributed by atoms with E-state index in [4.69, 9.17) is 16.6 Å². The van der Waals surface area contributed by atoms with Gasteiger partial charge in [-0.3, -0.25) is 24.0 Å². The molecule has 0 aliphatic carbocycles. The maximum absolute atomic E-state index is 12.7. The maximum Gasteiger partial charge on any atom is 0.325 e. The van der Waals surface area contributed by atoms with Gasteiger partial charge in [0.15, 0.2) is 0 Å². The molecule has 8 N–H and O–H groups in total. The number of amides is 4. The lowest BCUT2D eigenvalue weighted by molar-refractivity contribution is -0.142. The highest BCUT2D eigenvalue weighted by Crippen LogP contribution is 2.07. The van der Waals surface area contributed by atoms with Gasteiger partial charge in [0, 0.05) is 0 Å². The van der Waals surface area contributed by atoms with Gasteiger partial charge >= 0.3 is 5.97 Å². The maximum atomic E-state index is 12.7. The fourth-order valence-corrected chi connectivity index (χ4v) is 2.91. The molecule has 0 aliphatic rings. The van der Waals surface area contributed by atoms with Crippen molar-refractivity contribution in [3.63, 3.8) is 0 Å². The summed E-state index contributed by atoms with van der Waals surface area (Å²) in [4.78, 5) is 59.6. The first kappa shape index (κ1) is 27.7. The second-order valence-electron chi connectivity index (χ2n) is 7.38. The lowest BCUT2D eigenvalue weighted by Gasteiger charge is -2.25. The number of carboxylic acids is 1. The molecule has 0 aromatic rings. The fraction of sp³-hybridized carbons (Fsp3) is 0.722. The van der Waals surface area contributed by atoms with E-state index in [2.05, 4.69) is 16.0 Å². The van der Waals surface area contributed by atoms with Gasteiger partial charge in [0.1, 0.15) is 18.1 Å². The first-order chi connectivity index (χ1) is 13.9. The molecule has 0 fully saturated rings. The van der Waals surface area contributed by atoms with Crippen molar-refractivity contribution in [2.24, 2.45) is 17.4 Å². The summed E-state index contributed by atoms with van der Waals surface area (Å²) in [6.45, 7) is 4.94. The van der Waals surface area contributed by atoms with E-state index < -0.39 is 60.2 Å². The topological polar surface area (TPSA) is 194 Å². The van der Waals surface area contributed by atoms with Crippen LogP contribution in [0.1, 0.15) is 40.0 Å². The number of hydrogen-bond acceptors (Lipinski definition) is 7. The van der Waals surface area contributed by atoms with E-state index in [1.165, 1.54) is 18.7 Å². The number of carbonyl (C=O) groups excluding carboxylic acids is 4. The van der Waals surface area contributed by atoms with Crippen LogP contribution in [0.25, 0.3) is 0 Å². The number of primary amides is 1. The first-order valence-corrected chi connectivity index (χ1v) is 10.9. The zero-order chi connectivity index (χ0) is 23.4. The van der Waals surface area contributed by atoms with Crippen molar-refractivity contribution < 1.29 is 29.1 Å². The second kappa shape index (κ2) is 13.8. The van der Waals surface area contributed by atoms with Crippen LogP contribution >= 0.6 is 11.8 Å². The van der Waals surface area contributed by atoms with Crippen LogP contribution in [0.2, 0.25) is 0 Å². The van der Waals surface area contributed by atoms with Crippen molar-refractivity contribution in [2.45, 2.75) is 64.2 Å². The molecule has 30 heavy (non-hydrogen) atoms. The highest BCUT2D eigenvalue weighted by Gasteiger charge is 2.30. The summed E-state index contributed by atoms with van der Waals surface area (Å²) in [5, 5.41) is 16.1. The van der Waals surface area contributed by atoms with Crippen LogP contribution in [0.5, 0.6) is 0 Å². The molecule has 0 saturated carbocycles. The average Bonchev–Trinajstić information content (AvgIpc) is 2.63. The van der Waals surface area contributed by atoms with Crippen molar-refractivity contribution >= 4 is 41.4 Å². The molecular weight excluding hydrogens is 414 g/mol.